The predicted octanol–water partition coefficient (Wildman–Crippen LogP) is 2.09. The van der Waals surface area contributed by atoms with Gasteiger partial charge in [-0.15, -0.1) is 0 Å². The molecule has 0 heterocycles. The second-order valence-corrected chi connectivity index (χ2v) is 3.38. The maximum Gasteiger partial charge on any atom is 0.341 e. The summed E-state index contributed by atoms with van der Waals surface area (Å²) in [6, 6.07) is 0. The first kappa shape index (κ1) is 10.4. The first-order chi connectivity index (χ1) is 4.83. The molecule has 0 aliphatic carbocycles. The molecule has 0 aromatic rings. The Bertz CT molecular complexity index is 144. The highest BCUT2D eigenvalue weighted by atomic mass is 19.1. The third-order valence-corrected chi connectivity index (χ3v) is 2.01. The van der Waals surface area contributed by atoms with E-state index >= 15 is 0 Å². The van der Waals surface area contributed by atoms with Gasteiger partial charge in [0, 0.05) is 0 Å². The zero-order chi connectivity index (χ0) is 9.23. The third kappa shape index (κ3) is 1.70. The number of carboxylic acids is 1. The minimum atomic E-state index is -2.08. The SMILES string of the molecule is CC(C)C(F)(C(=O)O)C(C)C. The van der Waals surface area contributed by atoms with Crippen LogP contribution in [0, 0.1) is 11.8 Å². The van der Waals surface area contributed by atoms with E-state index in [0.717, 1.165) is 0 Å². The first-order valence-corrected chi connectivity index (χ1v) is 3.75. The average molecular weight is 162 g/mol. The first-order valence-electron chi connectivity index (χ1n) is 3.75. The van der Waals surface area contributed by atoms with Crippen LogP contribution in [-0.2, 0) is 4.79 Å². The molecule has 0 unspecified atom stereocenters. The van der Waals surface area contributed by atoms with Gasteiger partial charge in [0.1, 0.15) is 0 Å². The summed E-state index contributed by atoms with van der Waals surface area (Å²) in [6.07, 6.45) is 0. The van der Waals surface area contributed by atoms with Crippen molar-refractivity contribution in [1.29, 1.82) is 0 Å². The number of carboxylic acid groups (broad SMARTS) is 1. The Morgan fingerprint density at radius 1 is 1.27 bits per heavy atom. The van der Waals surface area contributed by atoms with Crippen LogP contribution < -0.4 is 0 Å². The lowest BCUT2D eigenvalue weighted by atomic mass is 9.82. The molecule has 2 nitrogen and oxygen atoms in total. The van der Waals surface area contributed by atoms with Crippen LogP contribution in [0.1, 0.15) is 27.7 Å². The van der Waals surface area contributed by atoms with Crippen molar-refractivity contribution >= 4 is 5.97 Å². The highest BCUT2D eigenvalue weighted by molar-refractivity contribution is 5.77. The van der Waals surface area contributed by atoms with Crippen LogP contribution in [0.4, 0.5) is 4.39 Å². The molecule has 0 saturated heterocycles. The molecule has 0 amide bonds. The Morgan fingerprint density at radius 3 is 1.55 bits per heavy atom. The van der Waals surface area contributed by atoms with E-state index in [9.17, 15) is 9.18 Å². The van der Waals surface area contributed by atoms with E-state index in [2.05, 4.69) is 0 Å². The van der Waals surface area contributed by atoms with E-state index in [4.69, 9.17) is 5.11 Å². The van der Waals surface area contributed by atoms with Crippen molar-refractivity contribution in [2.24, 2.45) is 11.8 Å². The zero-order valence-electron chi connectivity index (χ0n) is 7.39. The number of aliphatic carboxylic acids is 1. The van der Waals surface area contributed by atoms with Crippen molar-refractivity contribution in [3.8, 4) is 0 Å². The second-order valence-electron chi connectivity index (χ2n) is 3.38. The highest BCUT2D eigenvalue weighted by Gasteiger charge is 2.45. The van der Waals surface area contributed by atoms with E-state index in [-0.39, 0.29) is 0 Å². The fourth-order valence-corrected chi connectivity index (χ4v) is 1.16. The quantitative estimate of drug-likeness (QED) is 0.690. The topological polar surface area (TPSA) is 37.3 Å². The minimum absolute atomic E-state index is 0.486. The van der Waals surface area contributed by atoms with E-state index in [1.54, 1.807) is 27.7 Å². The van der Waals surface area contributed by atoms with Crippen molar-refractivity contribution in [1.82, 2.24) is 0 Å². The van der Waals surface area contributed by atoms with Gasteiger partial charge in [-0.05, 0) is 11.8 Å². The van der Waals surface area contributed by atoms with E-state index in [1.807, 2.05) is 0 Å². The van der Waals surface area contributed by atoms with E-state index < -0.39 is 23.5 Å². The Hall–Kier alpha value is -0.600. The molecule has 0 fully saturated rings. The summed E-state index contributed by atoms with van der Waals surface area (Å²) in [5.41, 5.74) is -2.08. The number of alkyl halides is 1. The van der Waals surface area contributed by atoms with Crippen LogP contribution >= 0.6 is 0 Å². The molecule has 1 N–H and O–H groups in total. The summed E-state index contributed by atoms with van der Waals surface area (Å²) >= 11 is 0. The average Bonchev–Trinajstić information content (AvgIpc) is 1.84. The van der Waals surface area contributed by atoms with Gasteiger partial charge >= 0.3 is 5.97 Å². The van der Waals surface area contributed by atoms with Crippen LogP contribution in [-0.4, -0.2) is 16.7 Å². The maximum absolute atomic E-state index is 13.6. The minimum Gasteiger partial charge on any atom is -0.479 e. The highest BCUT2D eigenvalue weighted by Crippen LogP contribution is 2.30. The lowest BCUT2D eigenvalue weighted by Crippen LogP contribution is -2.44. The summed E-state index contributed by atoms with van der Waals surface area (Å²) < 4.78 is 13.6. The fourth-order valence-electron chi connectivity index (χ4n) is 1.16. The van der Waals surface area contributed by atoms with Gasteiger partial charge in [0.15, 0.2) is 0 Å². The molecule has 0 aromatic heterocycles. The standard InChI is InChI=1S/C8H15FO2/c1-5(2)8(9,6(3)4)7(10)11/h5-6H,1-4H3,(H,10,11). The molecule has 3 heteroatoms. The van der Waals surface area contributed by atoms with Gasteiger partial charge in [-0.1, -0.05) is 27.7 Å². The van der Waals surface area contributed by atoms with Crippen molar-refractivity contribution in [2.75, 3.05) is 0 Å². The van der Waals surface area contributed by atoms with Gasteiger partial charge in [0.05, 0.1) is 0 Å². The van der Waals surface area contributed by atoms with Gasteiger partial charge in [-0.3, -0.25) is 0 Å². The smallest absolute Gasteiger partial charge is 0.341 e. The van der Waals surface area contributed by atoms with Crippen molar-refractivity contribution in [3.63, 3.8) is 0 Å². The second kappa shape index (κ2) is 3.20. The van der Waals surface area contributed by atoms with Gasteiger partial charge in [0.2, 0.25) is 5.67 Å². The molecular formula is C8H15FO2. The molecular weight excluding hydrogens is 147 g/mol. The molecule has 0 atom stereocenters. The molecule has 0 bridgehead atoms. The Kier molecular flexibility index (Phi) is 3.02. The van der Waals surface area contributed by atoms with Gasteiger partial charge in [0.25, 0.3) is 0 Å². The van der Waals surface area contributed by atoms with Gasteiger partial charge < -0.3 is 5.11 Å². The van der Waals surface area contributed by atoms with Gasteiger partial charge in [-0.2, -0.15) is 0 Å². The lowest BCUT2D eigenvalue weighted by molar-refractivity contribution is -0.158. The molecule has 0 radical (unpaired) electrons. The van der Waals surface area contributed by atoms with Crippen LogP contribution in [0.3, 0.4) is 0 Å². The number of halogens is 1. The maximum atomic E-state index is 13.6. The van der Waals surface area contributed by atoms with Crippen molar-refractivity contribution in [3.05, 3.63) is 0 Å². The Morgan fingerprint density at radius 2 is 1.55 bits per heavy atom. The summed E-state index contributed by atoms with van der Waals surface area (Å²) in [7, 11) is 0. The van der Waals surface area contributed by atoms with E-state index in [1.165, 1.54) is 0 Å². The molecule has 0 saturated carbocycles. The molecule has 0 aliphatic rings. The van der Waals surface area contributed by atoms with E-state index in [0.29, 0.717) is 0 Å². The number of rotatable bonds is 3. The van der Waals surface area contributed by atoms with Crippen LogP contribution in [0.5, 0.6) is 0 Å². The van der Waals surface area contributed by atoms with Crippen LogP contribution in [0.15, 0.2) is 0 Å². The summed E-state index contributed by atoms with van der Waals surface area (Å²) in [5, 5.41) is 8.60. The van der Waals surface area contributed by atoms with Crippen molar-refractivity contribution < 1.29 is 14.3 Å². The summed E-state index contributed by atoms with van der Waals surface area (Å²) in [6.45, 7) is 6.31. The van der Waals surface area contributed by atoms with Crippen molar-refractivity contribution in [2.45, 2.75) is 33.4 Å². The molecule has 11 heavy (non-hydrogen) atoms. The van der Waals surface area contributed by atoms with Crippen LogP contribution in [0.2, 0.25) is 0 Å². The summed E-state index contributed by atoms with van der Waals surface area (Å²) in [4.78, 5) is 10.5. The molecule has 0 spiro atoms. The zero-order valence-corrected chi connectivity index (χ0v) is 7.39. The molecule has 0 aromatic carbocycles. The number of hydrogen-bond acceptors (Lipinski definition) is 1. The Balaban J connectivity index is 4.67. The normalized spacial score (nSPS) is 12.6. The molecule has 66 valence electrons. The van der Waals surface area contributed by atoms with Crippen LogP contribution in [0.25, 0.3) is 0 Å². The monoisotopic (exact) mass is 162 g/mol. The summed E-state index contributed by atoms with van der Waals surface area (Å²) in [5.74, 6) is -2.33. The fraction of sp³-hybridized carbons (Fsp3) is 0.875. The molecule has 0 rings (SSSR count). The Labute approximate surface area is 66.4 Å². The number of hydrogen-bond donors (Lipinski definition) is 1. The number of carbonyl (C=O) groups is 1. The lowest BCUT2D eigenvalue weighted by Gasteiger charge is -2.28. The predicted molar refractivity (Wildman–Crippen MR) is 41.2 cm³/mol. The third-order valence-electron chi connectivity index (χ3n) is 2.01. The largest absolute Gasteiger partial charge is 0.479 e. The molecule has 0 aliphatic heterocycles. The van der Waals surface area contributed by atoms with Gasteiger partial charge in [-0.25, -0.2) is 9.18 Å².